The number of thiocarbonyl (C=S) groups is 1. The molecule has 1 aromatic carbocycles. The molecule has 0 spiro atoms. The van der Waals surface area contributed by atoms with Crippen molar-refractivity contribution >= 4 is 40.5 Å². The van der Waals surface area contributed by atoms with E-state index in [1.165, 1.54) is 6.92 Å². The second-order valence-electron chi connectivity index (χ2n) is 3.49. The van der Waals surface area contributed by atoms with Crippen LogP contribution >= 0.6 is 23.8 Å². The highest BCUT2D eigenvalue weighted by molar-refractivity contribution is 7.80. The second-order valence-corrected chi connectivity index (χ2v) is 4.42. The van der Waals surface area contributed by atoms with Crippen LogP contribution in [0.1, 0.15) is 12.5 Å². The van der Waals surface area contributed by atoms with Crippen LogP contribution in [0.3, 0.4) is 0 Å². The summed E-state index contributed by atoms with van der Waals surface area (Å²) in [6, 6.07) is 5.43. The van der Waals surface area contributed by atoms with Gasteiger partial charge in [-0.15, -0.1) is 0 Å². The highest BCUT2D eigenvalue weighted by Crippen LogP contribution is 2.19. The maximum atomic E-state index is 10.4. The molecule has 0 aliphatic rings. The van der Waals surface area contributed by atoms with Gasteiger partial charge in [0.05, 0.1) is 11.5 Å². The molecule has 0 atom stereocenters. The fourth-order valence-electron chi connectivity index (χ4n) is 1.14. The van der Waals surface area contributed by atoms with Gasteiger partial charge in [-0.05, 0) is 30.7 Å². The molecule has 0 aliphatic carbocycles. The van der Waals surface area contributed by atoms with Crippen LogP contribution < -0.4 is 10.8 Å². The van der Waals surface area contributed by atoms with Crippen molar-refractivity contribution in [2.45, 2.75) is 13.8 Å². The molecule has 7 heteroatoms. The largest absolute Gasteiger partial charge is 0.349 e. The third kappa shape index (κ3) is 5.42. The van der Waals surface area contributed by atoms with Crippen molar-refractivity contribution in [3.8, 4) is 0 Å². The fourth-order valence-corrected chi connectivity index (χ4v) is 1.54. The molecular weight excluding hydrogens is 276 g/mol. The summed E-state index contributed by atoms with van der Waals surface area (Å²) in [5, 5.41) is 3.68. The van der Waals surface area contributed by atoms with E-state index in [-0.39, 0.29) is 6.54 Å². The Bertz CT molecular complexity index is 454. The minimum absolute atomic E-state index is 0.213. The third-order valence-corrected chi connectivity index (χ3v) is 2.39. The van der Waals surface area contributed by atoms with Gasteiger partial charge in [-0.2, -0.15) is 5.48 Å². The van der Waals surface area contributed by atoms with Gasteiger partial charge >= 0.3 is 5.97 Å². The first kappa shape index (κ1) is 14.8. The van der Waals surface area contributed by atoms with Gasteiger partial charge in [0.2, 0.25) is 0 Å². The highest BCUT2D eigenvalue weighted by Gasteiger charge is 2.02. The maximum absolute atomic E-state index is 10.4. The summed E-state index contributed by atoms with van der Waals surface area (Å²) in [7, 11) is 0. The zero-order valence-electron chi connectivity index (χ0n) is 9.95. The van der Waals surface area contributed by atoms with E-state index < -0.39 is 5.97 Å². The van der Waals surface area contributed by atoms with Crippen molar-refractivity contribution in [2.24, 2.45) is 0 Å². The topological polar surface area (TPSA) is 59.6 Å². The molecule has 1 aromatic rings. The fraction of sp³-hybridized carbons (Fsp3) is 0.273. The predicted octanol–water partition coefficient (Wildman–Crippen LogP) is 2.39. The molecule has 0 amide bonds. The average Bonchev–Trinajstić information content (AvgIpc) is 2.28. The van der Waals surface area contributed by atoms with E-state index in [0.29, 0.717) is 10.0 Å². The molecule has 18 heavy (non-hydrogen) atoms. The quantitative estimate of drug-likeness (QED) is 0.375. The lowest BCUT2D eigenvalue weighted by Gasteiger charge is -2.10. The molecule has 0 bridgehead atoms. The number of benzene rings is 1. The molecule has 5 nitrogen and oxygen atoms in total. The molecule has 2 N–H and O–H groups in total. The maximum Gasteiger partial charge on any atom is 0.341 e. The molecule has 0 aromatic heterocycles. The number of carbonyl (C=O) groups is 1. The number of aryl methyl sites for hydroxylation is 1. The zero-order chi connectivity index (χ0) is 13.5. The summed E-state index contributed by atoms with van der Waals surface area (Å²) < 4.78 is 0. The Balaban J connectivity index is 2.38. The van der Waals surface area contributed by atoms with Crippen LogP contribution in [0.2, 0.25) is 5.02 Å². The molecule has 0 fully saturated rings. The lowest BCUT2D eigenvalue weighted by atomic mass is 10.2. The van der Waals surface area contributed by atoms with Crippen LogP contribution in [-0.4, -0.2) is 17.5 Å². The number of hydrogen-bond acceptors (Lipinski definition) is 5. The molecule has 0 unspecified atom stereocenters. The normalized spacial score (nSPS) is 9.94. The Morgan fingerprint density at radius 3 is 2.83 bits per heavy atom. The van der Waals surface area contributed by atoms with Gasteiger partial charge in [0.15, 0.2) is 0 Å². The van der Waals surface area contributed by atoms with E-state index in [1.54, 1.807) is 6.07 Å². The van der Waals surface area contributed by atoms with Gasteiger partial charge in [-0.25, -0.2) is 4.79 Å². The Morgan fingerprint density at radius 2 is 2.22 bits per heavy atom. The van der Waals surface area contributed by atoms with E-state index in [1.807, 2.05) is 19.1 Å². The SMILES string of the molecule is CC(=O)OONCC(=S)Nc1ccc(Cl)cc1C. The number of halogens is 1. The standard InChI is InChI=1S/C11H13ClN2O3S/c1-7-5-9(12)3-4-10(7)14-11(18)6-13-17-16-8(2)15/h3-5,13H,6H2,1-2H3,(H,14,18). The summed E-state index contributed by atoms with van der Waals surface area (Å²) in [4.78, 5) is 19.5. The van der Waals surface area contributed by atoms with Crippen LogP contribution in [0.15, 0.2) is 18.2 Å². The molecule has 98 valence electrons. The number of hydroxylamine groups is 1. The first-order valence-corrected chi connectivity index (χ1v) is 5.90. The number of rotatable bonds is 5. The number of carbonyl (C=O) groups excluding carboxylic acids is 1. The van der Waals surface area contributed by atoms with Crippen molar-refractivity contribution in [2.75, 3.05) is 11.9 Å². The molecule has 0 saturated carbocycles. The molecule has 0 radical (unpaired) electrons. The van der Waals surface area contributed by atoms with E-state index in [9.17, 15) is 4.79 Å². The second kappa shape index (κ2) is 7.27. The van der Waals surface area contributed by atoms with Crippen molar-refractivity contribution in [1.82, 2.24) is 5.48 Å². The Kier molecular flexibility index (Phi) is 6.00. The first-order valence-electron chi connectivity index (χ1n) is 5.12. The van der Waals surface area contributed by atoms with E-state index >= 15 is 0 Å². The van der Waals surface area contributed by atoms with E-state index in [4.69, 9.17) is 23.8 Å². The van der Waals surface area contributed by atoms with Gasteiger partial charge in [-0.1, -0.05) is 28.8 Å². The van der Waals surface area contributed by atoms with Crippen LogP contribution in [0, 0.1) is 6.92 Å². The zero-order valence-corrected chi connectivity index (χ0v) is 11.5. The molecule has 0 saturated heterocycles. The molecule has 0 heterocycles. The molecule has 0 aliphatic heterocycles. The van der Waals surface area contributed by atoms with Gasteiger partial charge in [-0.3, -0.25) is 4.89 Å². The average molecular weight is 289 g/mol. The lowest BCUT2D eigenvalue weighted by molar-refractivity contribution is -0.304. The minimum Gasteiger partial charge on any atom is -0.349 e. The smallest absolute Gasteiger partial charge is 0.341 e. The number of hydrogen-bond donors (Lipinski definition) is 2. The summed E-state index contributed by atoms with van der Waals surface area (Å²) in [6.45, 7) is 3.36. The van der Waals surface area contributed by atoms with Gasteiger partial charge in [0.25, 0.3) is 0 Å². The summed E-state index contributed by atoms with van der Waals surface area (Å²) >= 11 is 10.9. The van der Waals surface area contributed by atoms with Crippen molar-refractivity contribution in [1.29, 1.82) is 0 Å². The monoisotopic (exact) mass is 288 g/mol. The van der Waals surface area contributed by atoms with Crippen LogP contribution in [-0.2, 0) is 14.7 Å². The molecule has 1 rings (SSSR count). The van der Waals surface area contributed by atoms with E-state index in [2.05, 4.69) is 20.7 Å². The summed E-state index contributed by atoms with van der Waals surface area (Å²) in [6.07, 6.45) is 0. The molecular formula is C11H13ClN2O3S. The summed E-state index contributed by atoms with van der Waals surface area (Å²) in [5.74, 6) is -0.546. The van der Waals surface area contributed by atoms with Crippen LogP contribution in [0.25, 0.3) is 0 Å². The summed E-state index contributed by atoms with van der Waals surface area (Å²) in [5.41, 5.74) is 4.23. The third-order valence-electron chi connectivity index (χ3n) is 1.91. The minimum atomic E-state index is -0.546. The highest BCUT2D eigenvalue weighted by atomic mass is 35.5. The van der Waals surface area contributed by atoms with E-state index in [0.717, 1.165) is 11.3 Å². The Morgan fingerprint density at radius 1 is 1.50 bits per heavy atom. The van der Waals surface area contributed by atoms with Crippen molar-refractivity contribution < 1.29 is 14.7 Å². The lowest BCUT2D eigenvalue weighted by Crippen LogP contribution is -2.27. The van der Waals surface area contributed by atoms with Crippen molar-refractivity contribution in [3.05, 3.63) is 28.8 Å². The first-order chi connectivity index (χ1) is 8.49. The number of nitrogens with one attached hydrogen (secondary N) is 2. The van der Waals surface area contributed by atoms with Gasteiger partial charge in [0.1, 0.15) is 0 Å². The van der Waals surface area contributed by atoms with Gasteiger partial charge in [0, 0.05) is 17.6 Å². The Labute approximate surface area is 115 Å². The predicted molar refractivity (Wildman–Crippen MR) is 73.3 cm³/mol. The number of anilines is 1. The van der Waals surface area contributed by atoms with Gasteiger partial charge < -0.3 is 5.32 Å². The van der Waals surface area contributed by atoms with Crippen molar-refractivity contribution in [3.63, 3.8) is 0 Å². The van der Waals surface area contributed by atoms with Crippen LogP contribution in [0.5, 0.6) is 0 Å². The van der Waals surface area contributed by atoms with Crippen LogP contribution in [0.4, 0.5) is 5.69 Å². The Hall–Kier alpha value is -1.21.